The Morgan fingerprint density at radius 1 is 1.16 bits per heavy atom. The minimum atomic E-state index is -0.253. The average molecular weight is 259 g/mol. The molecule has 3 heteroatoms. The van der Waals surface area contributed by atoms with Crippen LogP contribution in [0.1, 0.15) is 18.1 Å². The molecule has 2 aromatic rings. The molecule has 0 spiro atoms. The van der Waals surface area contributed by atoms with Gasteiger partial charge in [-0.05, 0) is 61.7 Å². The number of nitrogens with two attached hydrogens (primary N) is 1. The Hall–Kier alpha value is -1.87. The molecule has 1 atom stereocenters. The molecular formula is C16H18FNO. The molecule has 2 nitrogen and oxygen atoms in total. The lowest BCUT2D eigenvalue weighted by Crippen LogP contribution is -2.17. The lowest BCUT2D eigenvalue weighted by molar-refractivity contribution is 0.476. The lowest BCUT2D eigenvalue weighted by Gasteiger charge is -2.10. The molecule has 0 aliphatic rings. The predicted molar refractivity (Wildman–Crippen MR) is 75.0 cm³/mol. The SMILES string of the molecule is Cc1cc(F)ccc1Oc1ccc(CC(C)N)cc1. The maximum atomic E-state index is 13.0. The van der Waals surface area contributed by atoms with Gasteiger partial charge in [0, 0.05) is 6.04 Å². The standard InChI is InChI=1S/C16H18FNO/c1-11-9-14(17)5-8-16(11)19-15-6-3-13(4-7-15)10-12(2)18/h3-9,12H,10,18H2,1-2H3. The first kappa shape index (κ1) is 13.6. The molecule has 0 saturated carbocycles. The second-order valence-corrected chi connectivity index (χ2v) is 4.84. The van der Waals surface area contributed by atoms with Crippen molar-refractivity contribution in [3.8, 4) is 11.5 Å². The Balaban J connectivity index is 2.10. The maximum absolute atomic E-state index is 13.0. The van der Waals surface area contributed by atoms with Gasteiger partial charge in [0.15, 0.2) is 0 Å². The summed E-state index contributed by atoms with van der Waals surface area (Å²) < 4.78 is 18.7. The van der Waals surface area contributed by atoms with Crippen molar-refractivity contribution in [2.75, 3.05) is 0 Å². The summed E-state index contributed by atoms with van der Waals surface area (Å²) in [6.45, 7) is 3.80. The zero-order valence-corrected chi connectivity index (χ0v) is 11.2. The van der Waals surface area contributed by atoms with E-state index in [9.17, 15) is 4.39 Å². The largest absolute Gasteiger partial charge is 0.457 e. The molecule has 0 amide bonds. The van der Waals surface area contributed by atoms with Crippen LogP contribution in [-0.2, 0) is 6.42 Å². The molecule has 2 N–H and O–H groups in total. The molecule has 19 heavy (non-hydrogen) atoms. The molecule has 2 aromatic carbocycles. The highest BCUT2D eigenvalue weighted by Gasteiger charge is 2.03. The second-order valence-electron chi connectivity index (χ2n) is 4.84. The molecule has 100 valence electrons. The molecule has 0 aliphatic carbocycles. The zero-order chi connectivity index (χ0) is 13.8. The van der Waals surface area contributed by atoms with E-state index in [2.05, 4.69) is 0 Å². The minimum absolute atomic E-state index is 0.145. The number of halogens is 1. The summed E-state index contributed by atoms with van der Waals surface area (Å²) in [4.78, 5) is 0. The van der Waals surface area contributed by atoms with E-state index in [1.54, 1.807) is 6.07 Å². The van der Waals surface area contributed by atoms with E-state index in [4.69, 9.17) is 10.5 Å². The highest BCUT2D eigenvalue weighted by Crippen LogP contribution is 2.25. The van der Waals surface area contributed by atoms with Crippen LogP contribution >= 0.6 is 0 Å². The van der Waals surface area contributed by atoms with E-state index in [0.29, 0.717) is 5.75 Å². The van der Waals surface area contributed by atoms with Crippen molar-refractivity contribution >= 4 is 0 Å². The van der Waals surface area contributed by atoms with E-state index in [-0.39, 0.29) is 11.9 Å². The van der Waals surface area contributed by atoms with Gasteiger partial charge in [-0.3, -0.25) is 0 Å². The first-order valence-corrected chi connectivity index (χ1v) is 6.33. The van der Waals surface area contributed by atoms with Crippen molar-refractivity contribution in [1.29, 1.82) is 0 Å². The molecule has 0 heterocycles. The van der Waals surface area contributed by atoms with Crippen LogP contribution in [0.5, 0.6) is 11.5 Å². The van der Waals surface area contributed by atoms with Gasteiger partial charge in [-0.2, -0.15) is 0 Å². The average Bonchev–Trinajstić information content (AvgIpc) is 2.34. The van der Waals surface area contributed by atoms with Gasteiger partial charge >= 0.3 is 0 Å². The van der Waals surface area contributed by atoms with Gasteiger partial charge in [0.1, 0.15) is 17.3 Å². The van der Waals surface area contributed by atoms with E-state index in [1.165, 1.54) is 17.7 Å². The number of hydrogen-bond donors (Lipinski definition) is 1. The van der Waals surface area contributed by atoms with Crippen LogP contribution in [0.15, 0.2) is 42.5 Å². The fraction of sp³-hybridized carbons (Fsp3) is 0.250. The molecule has 0 radical (unpaired) electrons. The van der Waals surface area contributed by atoms with Gasteiger partial charge in [-0.1, -0.05) is 12.1 Å². The molecule has 0 aromatic heterocycles. The third-order valence-electron chi connectivity index (χ3n) is 2.85. The van der Waals surface area contributed by atoms with Crippen LogP contribution in [0.4, 0.5) is 4.39 Å². The monoisotopic (exact) mass is 259 g/mol. The summed E-state index contributed by atoms with van der Waals surface area (Å²) in [5.41, 5.74) is 7.71. The number of benzene rings is 2. The molecule has 1 unspecified atom stereocenters. The van der Waals surface area contributed by atoms with E-state index in [1.807, 2.05) is 38.1 Å². The predicted octanol–water partition coefficient (Wildman–Crippen LogP) is 3.82. The van der Waals surface area contributed by atoms with Crippen molar-refractivity contribution < 1.29 is 9.13 Å². The second kappa shape index (κ2) is 5.85. The van der Waals surface area contributed by atoms with Crippen LogP contribution in [0.3, 0.4) is 0 Å². The molecular weight excluding hydrogens is 241 g/mol. The zero-order valence-electron chi connectivity index (χ0n) is 11.2. The summed E-state index contributed by atoms with van der Waals surface area (Å²) in [6.07, 6.45) is 0.843. The summed E-state index contributed by atoms with van der Waals surface area (Å²) in [5, 5.41) is 0. The number of ether oxygens (including phenoxy) is 1. The summed E-state index contributed by atoms with van der Waals surface area (Å²) in [6, 6.07) is 12.4. The number of hydrogen-bond acceptors (Lipinski definition) is 2. The Kier molecular flexibility index (Phi) is 4.17. The molecule has 0 aliphatic heterocycles. The number of aryl methyl sites for hydroxylation is 1. The van der Waals surface area contributed by atoms with Crippen molar-refractivity contribution in [3.63, 3.8) is 0 Å². The fourth-order valence-electron chi connectivity index (χ4n) is 1.92. The summed E-state index contributed by atoms with van der Waals surface area (Å²) >= 11 is 0. The van der Waals surface area contributed by atoms with Crippen LogP contribution in [-0.4, -0.2) is 6.04 Å². The van der Waals surface area contributed by atoms with Gasteiger partial charge in [0.25, 0.3) is 0 Å². The van der Waals surface area contributed by atoms with Crippen molar-refractivity contribution in [2.45, 2.75) is 26.3 Å². The van der Waals surface area contributed by atoms with Gasteiger partial charge in [0.2, 0.25) is 0 Å². The smallest absolute Gasteiger partial charge is 0.130 e. The molecule has 0 bridgehead atoms. The lowest BCUT2D eigenvalue weighted by atomic mass is 10.1. The van der Waals surface area contributed by atoms with Gasteiger partial charge < -0.3 is 10.5 Å². The van der Waals surface area contributed by atoms with Gasteiger partial charge in [-0.15, -0.1) is 0 Å². The Labute approximate surface area is 113 Å². The van der Waals surface area contributed by atoms with E-state index in [0.717, 1.165) is 17.7 Å². The van der Waals surface area contributed by atoms with Crippen molar-refractivity contribution in [3.05, 3.63) is 59.4 Å². The Morgan fingerprint density at radius 2 is 1.84 bits per heavy atom. The van der Waals surface area contributed by atoms with Crippen LogP contribution in [0.2, 0.25) is 0 Å². The topological polar surface area (TPSA) is 35.2 Å². The minimum Gasteiger partial charge on any atom is -0.457 e. The summed E-state index contributed by atoms with van der Waals surface area (Å²) in [7, 11) is 0. The summed E-state index contributed by atoms with van der Waals surface area (Å²) in [5.74, 6) is 1.15. The number of rotatable bonds is 4. The molecule has 0 saturated heterocycles. The maximum Gasteiger partial charge on any atom is 0.130 e. The third kappa shape index (κ3) is 3.80. The molecule has 0 fully saturated rings. The highest BCUT2D eigenvalue weighted by atomic mass is 19.1. The first-order chi connectivity index (χ1) is 9.04. The fourth-order valence-corrected chi connectivity index (χ4v) is 1.92. The van der Waals surface area contributed by atoms with Crippen LogP contribution in [0.25, 0.3) is 0 Å². The van der Waals surface area contributed by atoms with Crippen molar-refractivity contribution in [1.82, 2.24) is 0 Å². The van der Waals surface area contributed by atoms with E-state index < -0.39 is 0 Å². The Bertz CT molecular complexity index is 549. The van der Waals surface area contributed by atoms with Gasteiger partial charge in [-0.25, -0.2) is 4.39 Å². The van der Waals surface area contributed by atoms with Crippen molar-refractivity contribution in [2.24, 2.45) is 5.73 Å². The van der Waals surface area contributed by atoms with E-state index >= 15 is 0 Å². The normalized spacial score (nSPS) is 12.2. The quantitative estimate of drug-likeness (QED) is 0.906. The Morgan fingerprint density at radius 3 is 2.42 bits per heavy atom. The van der Waals surface area contributed by atoms with Crippen LogP contribution < -0.4 is 10.5 Å². The first-order valence-electron chi connectivity index (χ1n) is 6.33. The van der Waals surface area contributed by atoms with Crippen LogP contribution in [0, 0.1) is 12.7 Å². The third-order valence-corrected chi connectivity index (χ3v) is 2.85. The highest BCUT2D eigenvalue weighted by molar-refractivity contribution is 5.38. The van der Waals surface area contributed by atoms with Gasteiger partial charge in [0.05, 0.1) is 0 Å². The molecule has 2 rings (SSSR count).